The van der Waals surface area contributed by atoms with Crippen LogP contribution in [-0.4, -0.2) is 37.5 Å². The molecule has 6 atom stereocenters. The van der Waals surface area contributed by atoms with Crippen molar-refractivity contribution in [2.45, 2.75) is 85.5 Å². The number of nitrogens with zero attached hydrogens (tertiary/aromatic N) is 2. The molecule has 0 aliphatic heterocycles. The highest BCUT2D eigenvalue weighted by Crippen LogP contribution is 2.73. The summed E-state index contributed by atoms with van der Waals surface area (Å²) in [6.45, 7) is 9.51. The molecule has 0 aromatic heterocycles. The van der Waals surface area contributed by atoms with Gasteiger partial charge < -0.3 is 15.0 Å². The van der Waals surface area contributed by atoms with Crippen LogP contribution >= 0.6 is 12.2 Å². The van der Waals surface area contributed by atoms with E-state index < -0.39 is 0 Å². The van der Waals surface area contributed by atoms with Gasteiger partial charge in [-0.25, -0.2) is 0 Å². The maximum absolute atomic E-state index is 13.2. The molecule has 38 heavy (non-hydrogen) atoms. The van der Waals surface area contributed by atoms with E-state index in [1.54, 1.807) is 0 Å². The second kappa shape index (κ2) is 9.79. The van der Waals surface area contributed by atoms with Crippen molar-refractivity contribution in [1.82, 2.24) is 5.43 Å². The Labute approximate surface area is 234 Å². The number of hydrogen-bond donors (Lipinski definition) is 2. The molecule has 2 N–H and O–H groups in total. The van der Waals surface area contributed by atoms with Crippen molar-refractivity contribution >= 4 is 40.4 Å². The van der Waals surface area contributed by atoms with Gasteiger partial charge in [0, 0.05) is 36.6 Å². The first-order valence-corrected chi connectivity index (χ1v) is 15.0. The molecule has 6 nitrogen and oxygen atoms in total. The van der Waals surface area contributed by atoms with E-state index in [-0.39, 0.29) is 27.6 Å². The average molecular weight is 539 g/mol. The van der Waals surface area contributed by atoms with Gasteiger partial charge in [-0.05, 0) is 118 Å². The van der Waals surface area contributed by atoms with Crippen LogP contribution in [0, 0.1) is 33.5 Å². The molecule has 0 heterocycles. The molecule has 1 aromatic carbocycles. The number of anilines is 2. The van der Waals surface area contributed by atoms with E-state index in [9.17, 15) is 4.79 Å². The van der Waals surface area contributed by atoms with Gasteiger partial charge in [-0.2, -0.15) is 5.10 Å². The van der Waals surface area contributed by atoms with Crippen molar-refractivity contribution in [3.05, 3.63) is 24.3 Å². The zero-order chi connectivity index (χ0) is 27.3. The van der Waals surface area contributed by atoms with E-state index in [2.05, 4.69) is 48.5 Å². The Morgan fingerprint density at radius 2 is 1.89 bits per heavy atom. The molecular weight excluding hydrogens is 492 g/mol. The molecule has 4 aliphatic rings. The zero-order valence-corrected chi connectivity index (χ0v) is 25.0. The lowest BCUT2D eigenvalue weighted by Crippen LogP contribution is -2.58. The molecule has 0 saturated heterocycles. The number of rotatable bonds is 5. The molecule has 7 heteroatoms. The Balaban J connectivity index is 1.33. The van der Waals surface area contributed by atoms with Crippen molar-refractivity contribution in [2.24, 2.45) is 38.6 Å². The van der Waals surface area contributed by atoms with Crippen molar-refractivity contribution in [2.75, 3.05) is 30.9 Å². The average Bonchev–Trinajstić information content (AvgIpc) is 3.07. The monoisotopic (exact) mass is 538 g/mol. The molecule has 0 unspecified atom stereocenters. The number of hydrazone groups is 1. The second-order valence-corrected chi connectivity index (χ2v) is 13.9. The summed E-state index contributed by atoms with van der Waals surface area (Å²) in [4.78, 5) is 15.3. The number of esters is 1. The molecule has 0 radical (unpaired) electrons. The molecule has 4 fully saturated rings. The first-order chi connectivity index (χ1) is 18.0. The summed E-state index contributed by atoms with van der Waals surface area (Å²) in [6, 6.07) is 8.21. The van der Waals surface area contributed by atoms with Gasteiger partial charge in [0.05, 0.1) is 12.0 Å². The Kier molecular flexibility index (Phi) is 7.07. The highest BCUT2D eigenvalue weighted by atomic mass is 32.1. The lowest BCUT2D eigenvalue weighted by molar-refractivity contribution is -0.187. The molecule has 2 bridgehead atoms. The van der Waals surface area contributed by atoms with Gasteiger partial charge in [-0.15, -0.1) is 0 Å². The number of benzene rings is 1. The van der Waals surface area contributed by atoms with E-state index in [1.807, 2.05) is 33.2 Å². The molecule has 1 aromatic rings. The summed E-state index contributed by atoms with van der Waals surface area (Å²) in [5.41, 5.74) is 6.76. The normalized spacial score (nSPS) is 38.6. The van der Waals surface area contributed by atoms with Crippen LogP contribution < -0.4 is 15.6 Å². The topological polar surface area (TPSA) is 66.0 Å². The van der Waals surface area contributed by atoms with Gasteiger partial charge in [-0.3, -0.25) is 10.2 Å². The number of ether oxygens (including phenoxy) is 1. The summed E-state index contributed by atoms with van der Waals surface area (Å²) < 4.78 is 5.64. The lowest BCUT2D eigenvalue weighted by atomic mass is 9.40. The minimum Gasteiger partial charge on any atom is -0.466 e. The highest BCUT2D eigenvalue weighted by Gasteiger charge is 2.67. The van der Waals surface area contributed by atoms with E-state index in [4.69, 9.17) is 22.1 Å². The summed E-state index contributed by atoms with van der Waals surface area (Å²) in [6.07, 6.45) is 10.2. The predicted octanol–water partition coefficient (Wildman–Crippen LogP) is 6.76. The molecule has 5 rings (SSSR count). The fraction of sp³-hybridized carbons (Fsp3) is 0.710. The number of carbonyl (C=O) groups excluding carboxylic acids is 1. The maximum atomic E-state index is 13.2. The van der Waals surface area contributed by atoms with E-state index in [1.165, 1.54) is 31.4 Å². The zero-order valence-electron chi connectivity index (χ0n) is 24.2. The fourth-order valence-corrected chi connectivity index (χ4v) is 9.54. The molecule has 0 amide bonds. The Morgan fingerprint density at radius 3 is 2.63 bits per heavy atom. The number of carbonyl (C=O) groups is 1. The van der Waals surface area contributed by atoms with Crippen LogP contribution in [0.15, 0.2) is 29.4 Å². The maximum Gasteiger partial charge on any atom is 0.312 e. The van der Waals surface area contributed by atoms with E-state index in [0.29, 0.717) is 23.6 Å². The SMILES string of the molecule is CCOC(=O)[C@]1(C)CCC[C@@]2(C)[C@@H]3CC[C@@]4(C)C[C@]3(CC[C@@H]21)C/C4=N\NC(=S)Nc1cccc(N(C)C)c1. The number of nitrogens with one attached hydrogen (secondary N) is 2. The number of hydrogen-bond acceptors (Lipinski definition) is 5. The van der Waals surface area contributed by atoms with Gasteiger partial charge in [0.2, 0.25) is 0 Å². The van der Waals surface area contributed by atoms with Gasteiger partial charge in [-0.1, -0.05) is 26.3 Å². The lowest BCUT2D eigenvalue weighted by Gasteiger charge is -2.64. The summed E-state index contributed by atoms with van der Waals surface area (Å²) in [7, 11) is 4.07. The summed E-state index contributed by atoms with van der Waals surface area (Å²) in [5, 5.41) is 8.80. The third-order valence-corrected chi connectivity index (χ3v) is 11.2. The number of fused-ring (bicyclic) bond motifs is 3. The standard InChI is InChI=1S/C31H46N4O2S/c1-7-37-26(36)30(4)15-9-14-29(3)23(30)13-17-31-19-25(28(2,20-31)16-12-24(29)31)33-34-27(38)32-21-10-8-11-22(18-21)35(5)6/h8,10-11,18,23-24H,7,9,12-17,19-20H2,1-6H3,(H2,32,34,38)/b33-25+/t23-,24-,28-,29+,30+,31-/m0/s1. The van der Waals surface area contributed by atoms with Crippen LogP contribution in [0.25, 0.3) is 0 Å². The van der Waals surface area contributed by atoms with E-state index >= 15 is 0 Å². The Bertz CT molecular complexity index is 1140. The van der Waals surface area contributed by atoms with Crippen molar-refractivity contribution < 1.29 is 9.53 Å². The van der Waals surface area contributed by atoms with Gasteiger partial charge in [0.25, 0.3) is 0 Å². The van der Waals surface area contributed by atoms with Crippen LogP contribution in [0.4, 0.5) is 11.4 Å². The minimum absolute atomic E-state index is 0.0301. The van der Waals surface area contributed by atoms with Crippen LogP contribution in [0.1, 0.15) is 85.5 Å². The van der Waals surface area contributed by atoms with Gasteiger partial charge in [0.15, 0.2) is 5.11 Å². The largest absolute Gasteiger partial charge is 0.466 e. The van der Waals surface area contributed by atoms with Crippen LogP contribution in [0.2, 0.25) is 0 Å². The molecule has 208 valence electrons. The van der Waals surface area contributed by atoms with Gasteiger partial charge >= 0.3 is 5.97 Å². The first kappa shape index (κ1) is 27.4. The van der Waals surface area contributed by atoms with Crippen LogP contribution in [0.5, 0.6) is 0 Å². The van der Waals surface area contributed by atoms with Crippen molar-refractivity contribution in [3.8, 4) is 0 Å². The Morgan fingerprint density at radius 1 is 1.13 bits per heavy atom. The minimum atomic E-state index is -0.357. The predicted molar refractivity (Wildman–Crippen MR) is 159 cm³/mol. The Hall–Kier alpha value is -2.15. The quantitative estimate of drug-likeness (QED) is 0.245. The van der Waals surface area contributed by atoms with Crippen LogP contribution in [0.3, 0.4) is 0 Å². The van der Waals surface area contributed by atoms with Gasteiger partial charge in [0.1, 0.15) is 0 Å². The molecule has 1 spiro atoms. The first-order valence-electron chi connectivity index (χ1n) is 14.5. The molecular formula is C31H46N4O2S. The summed E-state index contributed by atoms with van der Waals surface area (Å²) in [5.74, 6) is 1.06. The molecule has 4 aliphatic carbocycles. The smallest absolute Gasteiger partial charge is 0.312 e. The number of thiocarbonyl (C=S) groups is 1. The van der Waals surface area contributed by atoms with E-state index in [0.717, 1.165) is 43.5 Å². The third-order valence-electron chi connectivity index (χ3n) is 11.0. The molecule has 4 saturated carbocycles. The van der Waals surface area contributed by atoms with Crippen molar-refractivity contribution in [3.63, 3.8) is 0 Å². The fourth-order valence-electron chi connectivity index (χ4n) is 9.38. The van der Waals surface area contributed by atoms with Crippen molar-refractivity contribution in [1.29, 1.82) is 0 Å². The second-order valence-electron chi connectivity index (χ2n) is 13.5. The highest BCUT2D eigenvalue weighted by molar-refractivity contribution is 7.80. The third kappa shape index (κ3) is 4.43. The summed E-state index contributed by atoms with van der Waals surface area (Å²) >= 11 is 5.63. The van der Waals surface area contributed by atoms with Crippen LogP contribution in [-0.2, 0) is 9.53 Å².